The van der Waals surface area contributed by atoms with Crippen LogP contribution < -0.4 is 5.73 Å². The predicted molar refractivity (Wildman–Crippen MR) is 80.3 cm³/mol. The number of nitrogens with zero attached hydrogens (tertiary/aromatic N) is 1. The van der Waals surface area contributed by atoms with E-state index in [9.17, 15) is 9.18 Å². The van der Waals surface area contributed by atoms with Crippen LogP contribution in [0.5, 0.6) is 0 Å². The lowest BCUT2D eigenvalue weighted by molar-refractivity contribution is 0.0459. The lowest BCUT2D eigenvalue weighted by Gasteiger charge is -2.08. The molecule has 0 unspecified atom stereocenters. The summed E-state index contributed by atoms with van der Waals surface area (Å²) in [6.07, 6.45) is 3.85. The third kappa shape index (κ3) is 3.26. The molecule has 0 saturated heterocycles. The fourth-order valence-corrected chi connectivity index (χ4v) is 2.75. The van der Waals surface area contributed by atoms with E-state index in [1.165, 1.54) is 12.1 Å². The molecule has 0 aliphatic heterocycles. The topological polar surface area (TPSA) is 57.3 Å². The molecule has 2 aromatic rings. The molecule has 0 spiro atoms. The van der Waals surface area contributed by atoms with Gasteiger partial charge in [-0.15, -0.1) is 0 Å². The highest BCUT2D eigenvalue weighted by atomic mass is 79.9. The van der Waals surface area contributed by atoms with Gasteiger partial charge in [0.25, 0.3) is 0 Å². The van der Waals surface area contributed by atoms with Crippen molar-refractivity contribution in [3.63, 3.8) is 0 Å². The zero-order valence-corrected chi connectivity index (χ0v) is 12.8. The Hall–Kier alpha value is -1.82. The van der Waals surface area contributed by atoms with Gasteiger partial charge < -0.3 is 15.0 Å². The Bertz CT molecular complexity index is 675. The summed E-state index contributed by atoms with van der Waals surface area (Å²) in [5, 5.41) is 0. The molecular formula is C15H14BrFN2O2. The molecule has 0 atom stereocenters. The van der Waals surface area contributed by atoms with Crippen LogP contribution in [-0.2, 0) is 11.3 Å². The summed E-state index contributed by atoms with van der Waals surface area (Å²) in [5.74, 6) is -0.819. The van der Waals surface area contributed by atoms with Crippen molar-refractivity contribution in [2.75, 3.05) is 5.73 Å². The molecule has 0 amide bonds. The molecule has 0 radical (unpaired) electrons. The molecule has 1 heterocycles. The average molecular weight is 353 g/mol. The van der Waals surface area contributed by atoms with Gasteiger partial charge in [0.15, 0.2) is 0 Å². The van der Waals surface area contributed by atoms with E-state index in [1.807, 2.05) is 4.57 Å². The van der Waals surface area contributed by atoms with Crippen LogP contribution in [0.3, 0.4) is 0 Å². The van der Waals surface area contributed by atoms with Gasteiger partial charge in [0.1, 0.15) is 18.1 Å². The van der Waals surface area contributed by atoms with Crippen LogP contribution >= 0.6 is 15.9 Å². The first-order valence-electron chi connectivity index (χ1n) is 6.62. The van der Waals surface area contributed by atoms with E-state index in [2.05, 4.69) is 15.9 Å². The molecule has 1 saturated carbocycles. The number of esters is 1. The molecular weight excluding hydrogens is 339 g/mol. The van der Waals surface area contributed by atoms with Crippen molar-refractivity contribution < 1.29 is 13.9 Å². The van der Waals surface area contributed by atoms with E-state index >= 15 is 0 Å². The second-order valence-electron chi connectivity index (χ2n) is 5.15. The molecule has 3 rings (SSSR count). The molecule has 1 fully saturated rings. The van der Waals surface area contributed by atoms with Crippen LogP contribution in [0.1, 0.15) is 34.9 Å². The molecule has 4 nitrogen and oxygen atoms in total. The van der Waals surface area contributed by atoms with Gasteiger partial charge in [0.2, 0.25) is 0 Å². The fraction of sp³-hybridized carbons (Fsp3) is 0.267. The summed E-state index contributed by atoms with van der Waals surface area (Å²) in [7, 11) is 0. The molecule has 1 aromatic heterocycles. The number of halogens is 2. The van der Waals surface area contributed by atoms with Gasteiger partial charge in [0.05, 0.1) is 5.69 Å². The molecule has 110 valence electrons. The fourth-order valence-electron chi connectivity index (χ4n) is 2.24. The Labute approximate surface area is 129 Å². The summed E-state index contributed by atoms with van der Waals surface area (Å²) in [5.41, 5.74) is 7.33. The van der Waals surface area contributed by atoms with Crippen LogP contribution in [0, 0.1) is 5.82 Å². The Morgan fingerprint density at radius 3 is 2.81 bits per heavy atom. The summed E-state index contributed by atoms with van der Waals surface area (Å²) in [4.78, 5) is 12.2. The lowest BCUT2D eigenvalue weighted by atomic mass is 10.2. The van der Waals surface area contributed by atoms with Gasteiger partial charge in [-0.05, 0) is 42.7 Å². The second-order valence-corrected chi connectivity index (χ2v) is 6.07. The van der Waals surface area contributed by atoms with Gasteiger partial charge >= 0.3 is 5.97 Å². The minimum absolute atomic E-state index is 0.0188. The number of hydrogen-bond acceptors (Lipinski definition) is 3. The van der Waals surface area contributed by atoms with Crippen molar-refractivity contribution in [2.45, 2.75) is 25.5 Å². The van der Waals surface area contributed by atoms with Gasteiger partial charge in [-0.3, -0.25) is 0 Å². The van der Waals surface area contributed by atoms with Crippen LogP contribution in [0.15, 0.2) is 34.9 Å². The number of ether oxygens (including phenoxy) is 1. The summed E-state index contributed by atoms with van der Waals surface area (Å²) >= 11 is 3.21. The Morgan fingerprint density at radius 1 is 1.38 bits per heavy atom. The smallest absolute Gasteiger partial charge is 0.355 e. The van der Waals surface area contributed by atoms with Gasteiger partial charge in [-0.25, -0.2) is 9.18 Å². The number of benzene rings is 1. The van der Waals surface area contributed by atoms with Gasteiger partial charge in [0, 0.05) is 16.7 Å². The first kappa shape index (κ1) is 14.1. The standard InChI is InChI=1S/C15H14BrFN2O2/c16-10-3-9(4-11(17)5-10)8-21-15(20)14-6-12(18)7-19(14)13-1-2-13/h3-7,13H,1-2,8,18H2. The van der Waals surface area contributed by atoms with Gasteiger partial charge in [-0.2, -0.15) is 0 Å². The molecule has 1 aliphatic rings. The molecule has 1 aliphatic carbocycles. The molecule has 6 heteroatoms. The zero-order chi connectivity index (χ0) is 15.0. The van der Waals surface area contributed by atoms with Crippen LogP contribution in [0.25, 0.3) is 0 Å². The highest BCUT2D eigenvalue weighted by Crippen LogP contribution is 2.37. The quantitative estimate of drug-likeness (QED) is 0.854. The molecule has 21 heavy (non-hydrogen) atoms. The monoisotopic (exact) mass is 352 g/mol. The largest absolute Gasteiger partial charge is 0.456 e. The summed E-state index contributed by atoms with van der Waals surface area (Å²) in [6.45, 7) is 0.0188. The third-order valence-corrected chi connectivity index (χ3v) is 3.77. The van der Waals surface area contributed by atoms with Crippen molar-refractivity contribution in [1.29, 1.82) is 0 Å². The minimum Gasteiger partial charge on any atom is -0.456 e. The second kappa shape index (κ2) is 5.52. The van der Waals surface area contributed by atoms with Crippen molar-refractivity contribution in [3.05, 3.63) is 52.0 Å². The van der Waals surface area contributed by atoms with Crippen molar-refractivity contribution in [1.82, 2.24) is 4.57 Å². The number of nitrogens with two attached hydrogens (primary N) is 1. The first-order chi connectivity index (χ1) is 10.0. The number of aromatic nitrogens is 1. The minimum atomic E-state index is -0.445. The van der Waals surface area contributed by atoms with Crippen LogP contribution in [-0.4, -0.2) is 10.5 Å². The summed E-state index contributed by atoms with van der Waals surface area (Å²) in [6, 6.07) is 6.36. The Balaban J connectivity index is 1.71. The number of carbonyl (C=O) groups excluding carboxylic acids is 1. The van der Waals surface area contributed by atoms with Gasteiger partial charge in [-0.1, -0.05) is 15.9 Å². The number of anilines is 1. The van der Waals surface area contributed by atoms with Crippen molar-refractivity contribution >= 4 is 27.6 Å². The SMILES string of the molecule is Nc1cc(C(=O)OCc2cc(F)cc(Br)c2)n(C2CC2)c1. The van der Waals surface area contributed by atoms with E-state index in [0.29, 0.717) is 27.5 Å². The molecule has 0 bridgehead atoms. The predicted octanol–water partition coefficient (Wildman–Crippen LogP) is 3.66. The number of hydrogen-bond donors (Lipinski definition) is 1. The maximum absolute atomic E-state index is 13.3. The number of nitrogen functional groups attached to an aromatic ring is 1. The molecule has 1 aromatic carbocycles. The van der Waals surface area contributed by atoms with Crippen LogP contribution in [0.2, 0.25) is 0 Å². The van der Waals surface area contributed by atoms with E-state index in [-0.39, 0.29) is 12.4 Å². The first-order valence-corrected chi connectivity index (χ1v) is 7.41. The average Bonchev–Trinajstić information content (AvgIpc) is 3.18. The van der Waals surface area contributed by atoms with Crippen molar-refractivity contribution in [3.8, 4) is 0 Å². The number of rotatable bonds is 4. The Kier molecular flexibility index (Phi) is 3.71. The van der Waals surface area contributed by atoms with E-state index in [1.54, 1.807) is 18.3 Å². The van der Waals surface area contributed by atoms with E-state index in [0.717, 1.165) is 12.8 Å². The van der Waals surface area contributed by atoms with E-state index < -0.39 is 5.97 Å². The maximum atomic E-state index is 13.3. The Morgan fingerprint density at radius 2 is 2.14 bits per heavy atom. The number of carbonyl (C=O) groups is 1. The normalized spacial score (nSPS) is 14.2. The summed E-state index contributed by atoms with van der Waals surface area (Å²) < 4.78 is 21.0. The lowest BCUT2D eigenvalue weighted by Crippen LogP contribution is -2.11. The zero-order valence-electron chi connectivity index (χ0n) is 11.2. The van der Waals surface area contributed by atoms with Crippen LogP contribution in [0.4, 0.5) is 10.1 Å². The molecule has 2 N–H and O–H groups in total. The highest BCUT2D eigenvalue weighted by molar-refractivity contribution is 9.10. The van der Waals surface area contributed by atoms with Crippen molar-refractivity contribution in [2.24, 2.45) is 0 Å². The van der Waals surface area contributed by atoms with E-state index in [4.69, 9.17) is 10.5 Å². The maximum Gasteiger partial charge on any atom is 0.355 e. The third-order valence-electron chi connectivity index (χ3n) is 3.31. The highest BCUT2D eigenvalue weighted by Gasteiger charge is 2.28.